The van der Waals surface area contributed by atoms with Gasteiger partial charge in [-0.05, 0) is 54.1 Å². The molecule has 4 aromatic carbocycles. The summed E-state index contributed by atoms with van der Waals surface area (Å²) in [5.74, 6) is -1.35. The van der Waals surface area contributed by atoms with Gasteiger partial charge in [-0.3, -0.25) is 14.4 Å². The van der Waals surface area contributed by atoms with Crippen molar-refractivity contribution in [1.82, 2.24) is 0 Å². The average Bonchev–Trinajstić information content (AvgIpc) is 2.88. The van der Waals surface area contributed by atoms with E-state index in [1.165, 1.54) is 17.8 Å². The van der Waals surface area contributed by atoms with Gasteiger partial charge in [-0.25, -0.2) is 0 Å². The second-order valence-corrected chi connectivity index (χ2v) is 9.94. The number of halogens is 2. The van der Waals surface area contributed by atoms with E-state index in [0.717, 1.165) is 10.5 Å². The Bertz CT molecular complexity index is 1460. The molecular formula is C28H21Cl2N3O3S. The third-order valence-corrected chi connectivity index (χ3v) is 7.11. The second-order valence-electron chi connectivity index (χ2n) is 7.91. The molecular weight excluding hydrogens is 529 g/mol. The van der Waals surface area contributed by atoms with E-state index >= 15 is 0 Å². The first kappa shape index (κ1) is 26.3. The zero-order chi connectivity index (χ0) is 26.4. The molecule has 0 aliphatic heterocycles. The minimum absolute atomic E-state index is 0.221. The van der Waals surface area contributed by atoms with Crippen molar-refractivity contribution in [3.05, 3.63) is 124 Å². The van der Waals surface area contributed by atoms with Crippen LogP contribution in [0.3, 0.4) is 0 Å². The standard InChI is InChI=1S/C28H21Cl2N3O3S/c29-18-13-14-21(23(30)15-18)27(35)32-19-9-6-10-20(16-19)37-25(17-7-2-1-3-8-17)28(36)33-24-12-5-4-11-22(24)26(31)34/h1-16,25H,(H2,31,34)(H,32,35)(H,33,36). The summed E-state index contributed by atoms with van der Waals surface area (Å²) in [7, 11) is 0. The second kappa shape index (κ2) is 12.0. The van der Waals surface area contributed by atoms with Crippen molar-refractivity contribution in [3.8, 4) is 0 Å². The fraction of sp³-hybridized carbons (Fsp3) is 0.0357. The molecule has 0 spiro atoms. The first-order chi connectivity index (χ1) is 17.8. The van der Waals surface area contributed by atoms with Crippen molar-refractivity contribution in [2.45, 2.75) is 10.1 Å². The van der Waals surface area contributed by atoms with Crippen LogP contribution < -0.4 is 16.4 Å². The number of amides is 3. The molecule has 37 heavy (non-hydrogen) atoms. The summed E-state index contributed by atoms with van der Waals surface area (Å²) in [4.78, 5) is 38.7. The molecule has 0 aromatic heterocycles. The molecule has 1 unspecified atom stereocenters. The Kier molecular flexibility index (Phi) is 8.50. The van der Waals surface area contributed by atoms with Crippen molar-refractivity contribution < 1.29 is 14.4 Å². The van der Waals surface area contributed by atoms with Gasteiger partial charge in [-0.2, -0.15) is 0 Å². The number of para-hydroxylation sites is 1. The number of carbonyl (C=O) groups excluding carboxylic acids is 3. The van der Waals surface area contributed by atoms with Crippen LogP contribution in [0.5, 0.6) is 0 Å². The minimum Gasteiger partial charge on any atom is -0.366 e. The van der Waals surface area contributed by atoms with E-state index in [1.807, 2.05) is 36.4 Å². The summed E-state index contributed by atoms with van der Waals surface area (Å²) in [5, 5.41) is 5.69. The molecule has 0 heterocycles. The number of nitrogens with two attached hydrogens (primary N) is 1. The lowest BCUT2D eigenvalue weighted by molar-refractivity contribution is -0.115. The topological polar surface area (TPSA) is 101 Å². The lowest BCUT2D eigenvalue weighted by atomic mass is 10.1. The highest BCUT2D eigenvalue weighted by molar-refractivity contribution is 8.00. The summed E-state index contributed by atoms with van der Waals surface area (Å²) in [6, 6.07) is 27.6. The van der Waals surface area contributed by atoms with Crippen LogP contribution in [0.15, 0.2) is 102 Å². The number of hydrogen-bond acceptors (Lipinski definition) is 4. The number of benzene rings is 4. The Labute approximate surface area is 228 Å². The highest BCUT2D eigenvalue weighted by Gasteiger charge is 2.24. The fourth-order valence-electron chi connectivity index (χ4n) is 3.56. The number of nitrogens with one attached hydrogen (secondary N) is 2. The van der Waals surface area contributed by atoms with E-state index in [4.69, 9.17) is 28.9 Å². The number of primary amides is 1. The SMILES string of the molecule is NC(=O)c1ccccc1NC(=O)C(Sc1cccc(NC(=O)c2ccc(Cl)cc2Cl)c1)c1ccccc1. The molecule has 186 valence electrons. The molecule has 6 nitrogen and oxygen atoms in total. The van der Waals surface area contributed by atoms with E-state index in [1.54, 1.807) is 54.6 Å². The lowest BCUT2D eigenvalue weighted by Gasteiger charge is -2.18. The predicted octanol–water partition coefficient (Wildman–Crippen LogP) is 6.82. The normalized spacial score (nSPS) is 11.4. The number of thioether (sulfide) groups is 1. The van der Waals surface area contributed by atoms with Gasteiger partial charge in [0.05, 0.1) is 21.8 Å². The largest absolute Gasteiger partial charge is 0.366 e. The molecule has 3 amide bonds. The van der Waals surface area contributed by atoms with E-state index in [9.17, 15) is 14.4 Å². The van der Waals surface area contributed by atoms with E-state index in [2.05, 4.69) is 10.6 Å². The van der Waals surface area contributed by atoms with Gasteiger partial charge in [0.15, 0.2) is 0 Å². The van der Waals surface area contributed by atoms with Crippen molar-refractivity contribution in [3.63, 3.8) is 0 Å². The number of rotatable bonds is 8. The van der Waals surface area contributed by atoms with E-state index in [0.29, 0.717) is 22.0 Å². The lowest BCUT2D eigenvalue weighted by Crippen LogP contribution is -2.22. The van der Waals surface area contributed by atoms with Crippen LogP contribution in [0.25, 0.3) is 0 Å². The number of hydrogen-bond donors (Lipinski definition) is 3. The first-order valence-corrected chi connectivity index (χ1v) is 12.7. The smallest absolute Gasteiger partial charge is 0.257 e. The summed E-state index contributed by atoms with van der Waals surface area (Å²) < 4.78 is 0. The number of anilines is 2. The maximum absolute atomic E-state index is 13.4. The van der Waals surface area contributed by atoms with Crippen molar-refractivity contribution in [2.75, 3.05) is 10.6 Å². The fourth-order valence-corrected chi connectivity index (χ4v) is 5.14. The summed E-state index contributed by atoms with van der Waals surface area (Å²) in [5.41, 5.74) is 7.62. The van der Waals surface area contributed by atoms with Gasteiger partial charge in [0.25, 0.3) is 11.8 Å². The Morgan fingerprint density at radius 1 is 0.757 bits per heavy atom. The monoisotopic (exact) mass is 549 g/mol. The van der Waals surface area contributed by atoms with Crippen LogP contribution in [-0.2, 0) is 4.79 Å². The molecule has 1 atom stereocenters. The zero-order valence-corrected chi connectivity index (χ0v) is 21.6. The van der Waals surface area contributed by atoms with Crippen LogP contribution in [0.2, 0.25) is 10.0 Å². The molecule has 9 heteroatoms. The average molecular weight is 550 g/mol. The van der Waals surface area contributed by atoms with Gasteiger partial charge in [0.1, 0.15) is 5.25 Å². The molecule has 0 bridgehead atoms. The van der Waals surface area contributed by atoms with Crippen LogP contribution in [0, 0.1) is 0 Å². The summed E-state index contributed by atoms with van der Waals surface area (Å²) in [6.45, 7) is 0. The zero-order valence-electron chi connectivity index (χ0n) is 19.3. The molecule has 0 radical (unpaired) electrons. The molecule has 0 aliphatic rings. The van der Waals surface area contributed by atoms with Crippen molar-refractivity contribution in [1.29, 1.82) is 0 Å². The Morgan fingerprint density at radius 2 is 1.49 bits per heavy atom. The molecule has 0 fully saturated rings. The summed E-state index contributed by atoms with van der Waals surface area (Å²) in [6.07, 6.45) is 0. The Hall–Kier alpha value is -3.78. The first-order valence-electron chi connectivity index (χ1n) is 11.1. The molecule has 4 N–H and O–H groups in total. The van der Waals surface area contributed by atoms with Crippen molar-refractivity contribution >= 4 is 64.1 Å². The third kappa shape index (κ3) is 6.71. The Balaban J connectivity index is 1.57. The molecule has 0 aliphatic carbocycles. The Morgan fingerprint density at radius 3 is 2.22 bits per heavy atom. The number of carbonyl (C=O) groups is 3. The highest BCUT2D eigenvalue weighted by Crippen LogP contribution is 2.37. The summed E-state index contributed by atoms with van der Waals surface area (Å²) >= 11 is 13.4. The molecule has 4 rings (SSSR count). The van der Waals surface area contributed by atoms with Gasteiger partial charge >= 0.3 is 0 Å². The van der Waals surface area contributed by atoms with E-state index in [-0.39, 0.29) is 22.4 Å². The third-order valence-electron chi connectivity index (χ3n) is 5.31. The molecule has 0 saturated heterocycles. The van der Waals surface area contributed by atoms with Gasteiger partial charge < -0.3 is 16.4 Å². The highest BCUT2D eigenvalue weighted by atomic mass is 35.5. The van der Waals surface area contributed by atoms with Crippen LogP contribution >= 0.6 is 35.0 Å². The van der Waals surface area contributed by atoms with Crippen LogP contribution in [-0.4, -0.2) is 17.7 Å². The predicted molar refractivity (Wildman–Crippen MR) is 149 cm³/mol. The van der Waals surface area contributed by atoms with Crippen molar-refractivity contribution in [2.24, 2.45) is 5.73 Å². The van der Waals surface area contributed by atoms with Gasteiger partial charge in [0, 0.05) is 15.6 Å². The maximum Gasteiger partial charge on any atom is 0.257 e. The minimum atomic E-state index is -0.654. The van der Waals surface area contributed by atoms with Crippen LogP contribution in [0.1, 0.15) is 31.5 Å². The quantitative estimate of drug-likeness (QED) is 0.210. The van der Waals surface area contributed by atoms with Crippen LogP contribution in [0.4, 0.5) is 11.4 Å². The molecule has 0 saturated carbocycles. The maximum atomic E-state index is 13.4. The van der Waals surface area contributed by atoms with E-state index < -0.39 is 11.2 Å². The van der Waals surface area contributed by atoms with Gasteiger partial charge in [-0.15, -0.1) is 11.8 Å². The van der Waals surface area contributed by atoms with Gasteiger partial charge in [-0.1, -0.05) is 71.7 Å². The molecule has 4 aromatic rings. The van der Waals surface area contributed by atoms with Gasteiger partial charge in [0.2, 0.25) is 5.91 Å².